The molecule has 1 aromatic carbocycles. The third-order valence-corrected chi connectivity index (χ3v) is 2.39. The second-order valence-electron chi connectivity index (χ2n) is 2.00. The zero-order valence-corrected chi connectivity index (χ0v) is 14.7. The maximum Gasteiger partial charge on any atom is -0.0857 e. The maximum atomic E-state index is 3.06. The Bertz CT molecular complexity index is 310. The molecular formula is C10H14Cl2PSiZr-3. The largest absolute Gasteiger partial charge is 0.176 e. The molecule has 84 valence electrons. The summed E-state index contributed by atoms with van der Waals surface area (Å²) in [6.07, 6.45) is 0. The van der Waals surface area contributed by atoms with E-state index in [0.717, 1.165) is 0 Å². The molecule has 15 heavy (non-hydrogen) atoms. The molecule has 2 rings (SSSR count). The van der Waals surface area contributed by atoms with Crippen LogP contribution in [0, 0.1) is 14.9 Å². The fourth-order valence-corrected chi connectivity index (χ4v) is 1.81. The monoisotopic (exact) mass is 353 g/mol. The van der Waals surface area contributed by atoms with Gasteiger partial charge in [-0.25, -0.2) is 0 Å². The van der Waals surface area contributed by atoms with Crippen molar-refractivity contribution in [3.63, 3.8) is 0 Å². The normalized spacial score (nSPS) is 6.87. The summed E-state index contributed by atoms with van der Waals surface area (Å²) >= 11 is 1.36. The smallest absolute Gasteiger partial charge is 0.0857 e. The van der Waals surface area contributed by atoms with E-state index >= 15 is 0 Å². The van der Waals surface area contributed by atoms with Gasteiger partial charge in [0.2, 0.25) is 0 Å². The van der Waals surface area contributed by atoms with E-state index in [2.05, 4.69) is 43.0 Å². The van der Waals surface area contributed by atoms with Crippen molar-refractivity contribution in [2.45, 2.75) is 0 Å². The quantitative estimate of drug-likeness (QED) is 0.482. The van der Waals surface area contributed by atoms with Crippen molar-refractivity contribution < 1.29 is 23.3 Å². The van der Waals surface area contributed by atoms with Gasteiger partial charge in [-0.05, 0) is 0 Å². The van der Waals surface area contributed by atoms with Crippen LogP contribution in [0.4, 0.5) is 0 Å². The summed E-state index contributed by atoms with van der Waals surface area (Å²) < 4.78 is 0. The predicted octanol–water partition coefficient (Wildman–Crippen LogP) is 4.50. The van der Waals surface area contributed by atoms with Crippen LogP contribution in [-0.4, -0.2) is 6.88 Å². The summed E-state index contributed by atoms with van der Waals surface area (Å²) in [6.45, 7) is 3.06. The zero-order valence-electron chi connectivity index (χ0n) is 8.73. The van der Waals surface area contributed by atoms with E-state index in [4.69, 9.17) is 0 Å². The van der Waals surface area contributed by atoms with Crippen LogP contribution in [-0.2, 0) is 23.3 Å². The van der Waals surface area contributed by atoms with Gasteiger partial charge in [0.1, 0.15) is 0 Å². The summed E-state index contributed by atoms with van der Waals surface area (Å²) in [5.74, 6) is 2.17. The molecule has 0 unspecified atom stereocenters. The fraction of sp³-hybridized carbons (Fsp3) is 0. The molecule has 5 heteroatoms. The number of halogens is 2. The molecule has 2 radical (unpaired) electrons. The Kier molecular flexibility index (Phi) is 24.9. The van der Waals surface area contributed by atoms with Crippen molar-refractivity contribution in [1.82, 2.24) is 0 Å². The molecule has 1 heterocycles. The van der Waals surface area contributed by atoms with Crippen LogP contribution in [0.1, 0.15) is 0 Å². The predicted molar refractivity (Wildman–Crippen MR) is 75.1 cm³/mol. The van der Waals surface area contributed by atoms with E-state index in [1.54, 1.807) is 0 Å². The van der Waals surface area contributed by atoms with Gasteiger partial charge in [-0.1, -0.05) is 6.07 Å². The minimum absolute atomic E-state index is 0. The molecule has 2 aromatic rings. The van der Waals surface area contributed by atoms with Crippen molar-refractivity contribution in [1.29, 1.82) is 0 Å². The standard InChI is InChI=1S/C8H6P.2CH3.2ClH.Si.Zr/c1-2-4-8-7(3-1)5-6-9-8;;;;;;/h1-6H;2*1H3;2*1H;;/q3*-1;;;;. The number of hydrogen-bond acceptors (Lipinski definition) is 0. The van der Waals surface area contributed by atoms with Gasteiger partial charge in [0, 0.05) is 0 Å². The Balaban J connectivity index is -0.0000000959. The van der Waals surface area contributed by atoms with Gasteiger partial charge in [0.25, 0.3) is 0 Å². The molecule has 0 aliphatic rings. The van der Waals surface area contributed by atoms with E-state index in [1.807, 2.05) is 0 Å². The number of fused-ring (bicyclic) bond motifs is 1. The maximum absolute atomic E-state index is 3.06. The van der Waals surface area contributed by atoms with Gasteiger partial charge in [0.05, 0.1) is 0 Å². The van der Waals surface area contributed by atoms with Gasteiger partial charge in [0.15, 0.2) is 0 Å². The first kappa shape index (κ1) is 25.0. The van der Waals surface area contributed by atoms with Gasteiger partial charge in [-0.3, -0.25) is 0 Å². The third kappa shape index (κ3) is 7.77. The van der Waals surface area contributed by atoms with Gasteiger partial charge >= 0.3 is 30.2 Å². The second kappa shape index (κ2) is 14.9. The van der Waals surface area contributed by atoms with Crippen molar-refractivity contribution in [2.75, 3.05) is 0 Å². The zero-order chi connectivity index (χ0) is 8.10. The molecule has 0 nitrogen and oxygen atoms in total. The first-order chi connectivity index (χ1) is 5.47. The van der Waals surface area contributed by atoms with E-state index in [-0.39, 0.29) is 39.7 Å². The first-order valence-corrected chi connectivity index (χ1v) is 8.33. The molecule has 0 aliphatic heterocycles. The van der Waals surface area contributed by atoms with Crippen molar-refractivity contribution in [3.8, 4) is 0 Å². The molecule has 0 N–H and O–H groups in total. The molecular weight excluding hydrogens is 341 g/mol. The van der Waals surface area contributed by atoms with E-state index in [9.17, 15) is 0 Å². The Hall–Kier alpha value is 0.940. The van der Waals surface area contributed by atoms with E-state index < -0.39 is 0 Å². The fourth-order valence-electron chi connectivity index (χ4n) is 0.944. The minimum Gasteiger partial charge on any atom is -0.176 e. The summed E-state index contributed by atoms with van der Waals surface area (Å²) in [5.41, 5.74) is 0. The van der Waals surface area contributed by atoms with Crippen molar-refractivity contribution >= 4 is 50.4 Å². The van der Waals surface area contributed by atoms with Crippen molar-refractivity contribution in [3.05, 3.63) is 51.0 Å². The van der Waals surface area contributed by atoms with Crippen LogP contribution < -0.4 is 0 Å². The van der Waals surface area contributed by atoms with Crippen LogP contribution >= 0.6 is 33.0 Å². The Morgan fingerprint density at radius 1 is 1.07 bits per heavy atom. The minimum atomic E-state index is 0. The Labute approximate surface area is 124 Å². The molecule has 0 spiro atoms. The molecule has 0 bridgehead atoms. The molecule has 0 aliphatic carbocycles. The van der Waals surface area contributed by atoms with E-state index in [0.29, 0.717) is 0 Å². The van der Waals surface area contributed by atoms with Gasteiger partial charge in [-0.15, -0.1) is 47.9 Å². The number of benzene rings is 1. The third-order valence-electron chi connectivity index (χ3n) is 1.40. The molecule has 0 fully saturated rings. The second-order valence-corrected chi connectivity index (χ2v) is 3.04. The average Bonchev–Trinajstić information content (AvgIpc) is 2.55. The van der Waals surface area contributed by atoms with Crippen molar-refractivity contribution in [2.24, 2.45) is 0 Å². The molecule has 0 atom stereocenters. The average molecular weight is 355 g/mol. The van der Waals surface area contributed by atoms with Crippen LogP contribution in [0.25, 0.3) is 10.5 Å². The Morgan fingerprint density at radius 2 is 1.60 bits per heavy atom. The summed E-state index contributed by atoms with van der Waals surface area (Å²) in [4.78, 5) is 0. The SMILES string of the molecule is Cl.Cl.[CH3-].[CH3-].[Si]=[Zr].c1ccc2pc[cH-]c2c1. The Morgan fingerprint density at radius 3 is 2.13 bits per heavy atom. The number of hydrogen-bond donors (Lipinski definition) is 0. The van der Waals surface area contributed by atoms with Crippen LogP contribution in [0.3, 0.4) is 0 Å². The van der Waals surface area contributed by atoms with Crippen LogP contribution in [0.15, 0.2) is 36.1 Å². The molecule has 0 saturated heterocycles. The van der Waals surface area contributed by atoms with Gasteiger partial charge in [-0.2, -0.15) is 25.7 Å². The first-order valence-electron chi connectivity index (χ1n) is 3.18. The number of rotatable bonds is 0. The molecule has 0 saturated carbocycles. The van der Waals surface area contributed by atoms with Crippen LogP contribution in [0.2, 0.25) is 0 Å². The topological polar surface area (TPSA) is 0 Å². The van der Waals surface area contributed by atoms with Gasteiger partial charge < -0.3 is 14.9 Å². The summed E-state index contributed by atoms with van der Waals surface area (Å²) in [7, 11) is 1.34. The summed E-state index contributed by atoms with van der Waals surface area (Å²) in [6, 6.07) is 10.6. The molecule has 1 aromatic heterocycles. The summed E-state index contributed by atoms with van der Waals surface area (Å²) in [5, 5.41) is 2.80. The van der Waals surface area contributed by atoms with E-state index in [1.165, 1.54) is 42.0 Å². The molecule has 0 amide bonds. The van der Waals surface area contributed by atoms with Crippen LogP contribution in [0.5, 0.6) is 0 Å².